The summed E-state index contributed by atoms with van der Waals surface area (Å²) in [6.45, 7) is 4.56. The molecule has 0 aliphatic carbocycles. The molecule has 0 atom stereocenters. The summed E-state index contributed by atoms with van der Waals surface area (Å²) in [5.74, 6) is -4.02. The number of rotatable bonds is 6. The van der Waals surface area contributed by atoms with Gasteiger partial charge in [0.15, 0.2) is 5.41 Å². The Morgan fingerprint density at radius 1 is 0.741 bits per heavy atom. The lowest BCUT2D eigenvalue weighted by Crippen LogP contribution is -2.39. The molecule has 0 bridgehead atoms. The zero-order valence-electron chi connectivity index (χ0n) is 14.8. The Labute approximate surface area is 157 Å². The Morgan fingerprint density at radius 3 is 1.41 bits per heavy atom. The van der Waals surface area contributed by atoms with Crippen molar-refractivity contribution in [3.63, 3.8) is 0 Å². The van der Waals surface area contributed by atoms with Gasteiger partial charge < -0.3 is 9.47 Å². The summed E-state index contributed by atoms with van der Waals surface area (Å²) < 4.78 is 9.38. The molecule has 2 aromatic rings. The SMILES string of the molecule is [CH2]C(C)(C(=O)OC(=O)Cc1ccccc1)C(=O)OC(=O)Cc1ccccc1. The van der Waals surface area contributed by atoms with E-state index >= 15 is 0 Å². The highest BCUT2D eigenvalue weighted by atomic mass is 16.6. The van der Waals surface area contributed by atoms with E-state index in [4.69, 9.17) is 0 Å². The molecule has 2 aromatic carbocycles. The third-order valence-electron chi connectivity index (χ3n) is 3.70. The predicted octanol–water partition coefficient (Wildman–Crippen LogP) is 2.45. The van der Waals surface area contributed by atoms with Gasteiger partial charge in [0, 0.05) is 0 Å². The minimum atomic E-state index is -2.04. The van der Waals surface area contributed by atoms with Gasteiger partial charge in [-0.15, -0.1) is 0 Å². The van der Waals surface area contributed by atoms with Crippen molar-refractivity contribution >= 4 is 23.9 Å². The second-order valence-corrected chi connectivity index (χ2v) is 6.18. The van der Waals surface area contributed by atoms with Crippen LogP contribution in [0, 0.1) is 12.3 Å². The number of carbonyl (C=O) groups excluding carboxylic acids is 4. The first-order valence-electron chi connectivity index (χ1n) is 8.22. The molecular weight excluding hydrogens is 348 g/mol. The van der Waals surface area contributed by atoms with Crippen LogP contribution in [0.4, 0.5) is 0 Å². The molecule has 0 N–H and O–H groups in total. The highest BCUT2D eigenvalue weighted by Crippen LogP contribution is 2.20. The summed E-state index contributed by atoms with van der Waals surface area (Å²) >= 11 is 0. The smallest absolute Gasteiger partial charge is 0.330 e. The van der Waals surface area contributed by atoms with E-state index in [-0.39, 0.29) is 12.8 Å². The van der Waals surface area contributed by atoms with Gasteiger partial charge in [0.05, 0.1) is 12.8 Å². The van der Waals surface area contributed by atoms with Gasteiger partial charge in [-0.25, -0.2) is 0 Å². The maximum atomic E-state index is 12.1. The minimum Gasteiger partial charge on any atom is -0.392 e. The molecule has 1 radical (unpaired) electrons. The third kappa shape index (κ3) is 5.88. The molecule has 6 heteroatoms. The average molecular weight is 367 g/mol. The number of carbonyl (C=O) groups is 4. The van der Waals surface area contributed by atoms with Crippen LogP contribution in [0.3, 0.4) is 0 Å². The van der Waals surface area contributed by atoms with E-state index in [0.29, 0.717) is 11.1 Å². The first kappa shape index (κ1) is 20.0. The van der Waals surface area contributed by atoms with Crippen molar-refractivity contribution in [2.24, 2.45) is 5.41 Å². The largest absolute Gasteiger partial charge is 0.392 e. The Balaban J connectivity index is 1.90. The quantitative estimate of drug-likeness (QED) is 0.576. The maximum absolute atomic E-state index is 12.1. The Kier molecular flexibility index (Phi) is 6.60. The van der Waals surface area contributed by atoms with E-state index in [9.17, 15) is 19.2 Å². The number of esters is 4. The molecule has 0 heterocycles. The van der Waals surface area contributed by atoms with Crippen LogP contribution in [0.2, 0.25) is 0 Å². The van der Waals surface area contributed by atoms with Gasteiger partial charge in [-0.2, -0.15) is 0 Å². The minimum absolute atomic E-state index is 0.134. The lowest BCUT2D eigenvalue weighted by atomic mass is 9.94. The van der Waals surface area contributed by atoms with Crippen LogP contribution in [-0.2, 0) is 41.5 Å². The molecule has 2 rings (SSSR count). The van der Waals surface area contributed by atoms with Crippen molar-refractivity contribution in [2.75, 3.05) is 0 Å². The van der Waals surface area contributed by atoms with E-state index in [2.05, 4.69) is 16.4 Å². The number of hydrogen-bond acceptors (Lipinski definition) is 6. The lowest BCUT2D eigenvalue weighted by molar-refractivity contribution is -0.174. The molecule has 0 unspecified atom stereocenters. The van der Waals surface area contributed by atoms with Crippen molar-refractivity contribution < 1.29 is 28.7 Å². The van der Waals surface area contributed by atoms with E-state index in [1.165, 1.54) is 0 Å². The Morgan fingerprint density at radius 2 is 1.07 bits per heavy atom. The molecule has 0 amide bonds. The summed E-state index contributed by atoms with van der Waals surface area (Å²) in [7, 11) is 0. The van der Waals surface area contributed by atoms with Gasteiger partial charge in [0.2, 0.25) is 0 Å². The van der Waals surface area contributed by atoms with Gasteiger partial charge in [-0.1, -0.05) is 60.7 Å². The monoisotopic (exact) mass is 367 g/mol. The molecule has 27 heavy (non-hydrogen) atoms. The second-order valence-electron chi connectivity index (χ2n) is 6.18. The van der Waals surface area contributed by atoms with E-state index in [1.807, 2.05) is 0 Å². The zero-order valence-corrected chi connectivity index (χ0v) is 14.8. The summed E-state index contributed by atoms with van der Waals surface area (Å²) in [6, 6.07) is 17.3. The van der Waals surface area contributed by atoms with Crippen LogP contribution in [-0.4, -0.2) is 23.9 Å². The van der Waals surface area contributed by atoms with Gasteiger partial charge >= 0.3 is 23.9 Å². The van der Waals surface area contributed by atoms with Crippen LogP contribution in [0.5, 0.6) is 0 Å². The molecule has 6 nitrogen and oxygen atoms in total. The van der Waals surface area contributed by atoms with Gasteiger partial charge in [-0.05, 0) is 25.0 Å². The van der Waals surface area contributed by atoms with Crippen molar-refractivity contribution in [3.8, 4) is 0 Å². The van der Waals surface area contributed by atoms with E-state index < -0.39 is 29.3 Å². The van der Waals surface area contributed by atoms with Crippen LogP contribution >= 0.6 is 0 Å². The Hall–Kier alpha value is -3.28. The molecule has 0 saturated heterocycles. The summed E-state index contributed by atoms with van der Waals surface area (Å²) in [4.78, 5) is 48.0. The predicted molar refractivity (Wildman–Crippen MR) is 96.0 cm³/mol. The summed E-state index contributed by atoms with van der Waals surface area (Å²) in [5, 5.41) is 0. The van der Waals surface area contributed by atoms with Crippen molar-refractivity contribution in [2.45, 2.75) is 19.8 Å². The lowest BCUT2D eigenvalue weighted by Gasteiger charge is -2.19. The van der Waals surface area contributed by atoms with Crippen LogP contribution in [0.25, 0.3) is 0 Å². The normalized spacial score (nSPS) is 10.7. The number of ether oxygens (including phenoxy) is 2. The van der Waals surface area contributed by atoms with Crippen molar-refractivity contribution in [1.29, 1.82) is 0 Å². The molecule has 0 spiro atoms. The van der Waals surface area contributed by atoms with Crippen LogP contribution < -0.4 is 0 Å². The fourth-order valence-electron chi connectivity index (χ4n) is 2.11. The molecule has 0 saturated carbocycles. The summed E-state index contributed by atoms with van der Waals surface area (Å²) in [5.41, 5.74) is -0.734. The highest BCUT2D eigenvalue weighted by Gasteiger charge is 2.42. The van der Waals surface area contributed by atoms with Crippen molar-refractivity contribution in [3.05, 3.63) is 78.7 Å². The number of benzene rings is 2. The average Bonchev–Trinajstić information content (AvgIpc) is 2.63. The van der Waals surface area contributed by atoms with Gasteiger partial charge in [-0.3, -0.25) is 19.2 Å². The fraction of sp³-hybridized carbons (Fsp3) is 0.190. The van der Waals surface area contributed by atoms with Gasteiger partial charge in [0.1, 0.15) is 0 Å². The standard InChI is InChI=1S/C21H19O6/c1-21(2,19(24)26-17(22)13-15-9-5-3-6-10-15)20(25)27-18(23)14-16-11-7-4-8-12-16/h3-12H,1,13-14H2,2H3. The fourth-order valence-corrected chi connectivity index (χ4v) is 2.11. The van der Waals surface area contributed by atoms with Gasteiger partial charge in [0.25, 0.3) is 0 Å². The topological polar surface area (TPSA) is 86.7 Å². The first-order chi connectivity index (χ1) is 12.8. The van der Waals surface area contributed by atoms with E-state index in [1.54, 1.807) is 60.7 Å². The molecule has 0 aromatic heterocycles. The molecular formula is C21H19O6. The third-order valence-corrected chi connectivity index (χ3v) is 3.70. The maximum Gasteiger partial charge on any atom is 0.330 e. The summed E-state index contributed by atoms with van der Waals surface area (Å²) in [6.07, 6.45) is -0.269. The Bertz CT molecular complexity index is 755. The van der Waals surface area contributed by atoms with Crippen molar-refractivity contribution in [1.82, 2.24) is 0 Å². The number of hydrogen-bond donors (Lipinski definition) is 0. The molecule has 0 aliphatic rings. The van der Waals surface area contributed by atoms with E-state index in [0.717, 1.165) is 6.92 Å². The first-order valence-corrected chi connectivity index (χ1v) is 8.22. The molecule has 139 valence electrons. The zero-order chi connectivity index (χ0) is 19.9. The molecule has 0 fully saturated rings. The second kappa shape index (κ2) is 8.89. The van der Waals surface area contributed by atoms with Crippen LogP contribution in [0.15, 0.2) is 60.7 Å². The van der Waals surface area contributed by atoms with Crippen LogP contribution in [0.1, 0.15) is 18.1 Å². The molecule has 0 aliphatic heterocycles. The highest BCUT2D eigenvalue weighted by molar-refractivity contribution is 6.06.